The fourth-order valence-corrected chi connectivity index (χ4v) is 2.85. The minimum Gasteiger partial charge on any atom is -0.443 e. The third kappa shape index (κ3) is 3.90. The summed E-state index contributed by atoms with van der Waals surface area (Å²) in [7, 11) is 0. The molecule has 2 N–H and O–H groups in total. The summed E-state index contributed by atoms with van der Waals surface area (Å²) in [6, 6.07) is 13.0. The van der Waals surface area contributed by atoms with E-state index in [0.717, 1.165) is 11.1 Å². The molecule has 2 aromatic carbocycles. The van der Waals surface area contributed by atoms with Gasteiger partial charge < -0.3 is 10.5 Å². The van der Waals surface area contributed by atoms with E-state index in [4.69, 9.17) is 10.5 Å². The van der Waals surface area contributed by atoms with E-state index in [9.17, 15) is 14.9 Å². The molecule has 0 aromatic heterocycles. The van der Waals surface area contributed by atoms with Gasteiger partial charge in [-0.25, -0.2) is 4.79 Å². The normalized spacial score (nSPS) is 11.1. The molecule has 24 heavy (non-hydrogen) atoms. The molecule has 0 unspecified atom stereocenters. The van der Waals surface area contributed by atoms with Crippen LogP contribution in [0.3, 0.4) is 0 Å². The Balaban J connectivity index is 2.49. The Morgan fingerprint density at radius 3 is 2.38 bits per heavy atom. The SMILES string of the molecule is Cc1c(-c2ccccc2)ccc(CC(C)(C)OC(N)=O)c1[N+](=O)[O-]. The van der Waals surface area contributed by atoms with Crippen LogP contribution in [-0.2, 0) is 11.2 Å². The highest BCUT2D eigenvalue weighted by Gasteiger charge is 2.28. The molecule has 1 amide bonds. The van der Waals surface area contributed by atoms with Crippen LogP contribution < -0.4 is 5.73 Å². The van der Waals surface area contributed by atoms with Crippen molar-refractivity contribution >= 4 is 11.8 Å². The van der Waals surface area contributed by atoms with Gasteiger partial charge in [0.1, 0.15) is 5.60 Å². The Bertz CT molecular complexity index is 770. The van der Waals surface area contributed by atoms with Gasteiger partial charge in [0.05, 0.1) is 4.92 Å². The number of nitrogens with zero attached hydrogens (tertiary/aromatic N) is 1. The van der Waals surface area contributed by atoms with Gasteiger partial charge in [-0.15, -0.1) is 0 Å². The van der Waals surface area contributed by atoms with Crippen molar-refractivity contribution in [3.05, 3.63) is 63.7 Å². The number of nitrogens with two attached hydrogens (primary N) is 1. The Kier molecular flexibility index (Phi) is 4.87. The van der Waals surface area contributed by atoms with Crippen LogP contribution in [0.5, 0.6) is 0 Å². The minimum absolute atomic E-state index is 0.0394. The maximum Gasteiger partial charge on any atom is 0.405 e. The number of hydrogen-bond donors (Lipinski definition) is 1. The standard InChI is InChI=1S/C18H20N2O4/c1-12-15(13-7-5-4-6-8-13)10-9-14(16(12)20(22)23)11-18(2,3)24-17(19)21/h4-10H,11H2,1-3H3,(H2,19,21). The lowest BCUT2D eigenvalue weighted by atomic mass is 9.91. The molecule has 0 atom stereocenters. The molecule has 0 saturated carbocycles. The molecule has 0 spiro atoms. The lowest BCUT2D eigenvalue weighted by Crippen LogP contribution is -2.33. The van der Waals surface area contributed by atoms with Gasteiger partial charge in [0.2, 0.25) is 0 Å². The van der Waals surface area contributed by atoms with Gasteiger partial charge in [-0.3, -0.25) is 10.1 Å². The number of benzene rings is 2. The Hall–Kier alpha value is -2.89. The molecular weight excluding hydrogens is 308 g/mol. The average Bonchev–Trinajstić information content (AvgIpc) is 2.46. The van der Waals surface area contributed by atoms with Crippen LogP contribution in [0.15, 0.2) is 42.5 Å². The van der Waals surface area contributed by atoms with E-state index in [1.165, 1.54) is 0 Å². The van der Waals surface area contributed by atoms with Crippen molar-refractivity contribution in [2.45, 2.75) is 32.8 Å². The molecule has 0 aliphatic carbocycles. The third-order valence-corrected chi connectivity index (χ3v) is 3.77. The van der Waals surface area contributed by atoms with Crippen LogP contribution >= 0.6 is 0 Å². The van der Waals surface area contributed by atoms with Gasteiger partial charge >= 0.3 is 6.09 Å². The number of amides is 1. The fourth-order valence-electron chi connectivity index (χ4n) is 2.85. The monoisotopic (exact) mass is 328 g/mol. The minimum atomic E-state index is -0.933. The second kappa shape index (κ2) is 6.70. The van der Waals surface area contributed by atoms with Crippen molar-refractivity contribution in [1.82, 2.24) is 0 Å². The number of carbonyl (C=O) groups excluding carboxylic acids is 1. The lowest BCUT2D eigenvalue weighted by molar-refractivity contribution is -0.386. The smallest absolute Gasteiger partial charge is 0.405 e. The molecule has 2 rings (SSSR count). The quantitative estimate of drug-likeness (QED) is 0.663. The summed E-state index contributed by atoms with van der Waals surface area (Å²) in [4.78, 5) is 22.2. The first-order chi connectivity index (χ1) is 11.2. The molecule has 6 heteroatoms. The van der Waals surface area contributed by atoms with Gasteiger partial charge in [-0.1, -0.05) is 42.5 Å². The molecule has 2 aromatic rings. The first kappa shape index (κ1) is 17.5. The van der Waals surface area contributed by atoms with Crippen molar-refractivity contribution in [3.8, 4) is 11.1 Å². The van der Waals surface area contributed by atoms with E-state index in [1.807, 2.05) is 36.4 Å². The molecule has 0 aliphatic heterocycles. The van der Waals surface area contributed by atoms with Gasteiger partial charge in [-0.2, -0.15) is 0 Å². The number of nitro groups is 1. The molecule has 126 valence electrons. The lowest BCUT2D eigenvalue weighted by Gasteiger charge is -2.24. The fraction of sp³-hybridized carbons (Fsp3) is 0.278. The zero-order chi connectivity index (χ0) is 17.9. The largest absolute Gasteiger partial charge is 0.443 e. The molecule has 0 saturated heterocycles. The molecule has 0 fully saturated rings. The van der Waals surface area contributed by atoms with Gasteiger partial charge in [0.25, 0.3) is 5.69 Å². The molecule has 0 radical (unpaired) electrons. The second-order valence-corrected chi connectivity index (χ2v) is 6.23. The average molecular weight is 328 g/mol. The maximum atomic E-state index is 11.6. The van der Waals surface area contributed by atoms with Gasteiger partial charge in [0.15, 0.2) is 0 Å². The predicted molar refractivity (Wildman–Crippen MR) is 91.7 cm³/mol. The number of carbonyl (C=O) groups is 1. The van der Waals surface area contributed by atoms with Crippen molar-refractivity contribution in [2.24, 2.45) is 5.73 Å². The van der Waals surface area contributed by atoms with Crippen molar-refractivity contribution in [1.29, 1.82) is 0 Å². The summed E-state index contributed by atoms with van der Waals surface area (Å²) in [5.41, 5.74) is 6.98. The number of ether oxygens (including phenoxy) is 1. The van der Waals surface area contributed by atoms with Crippen LogP contribution in [0, 0.1) is 17.0 Å². The van der Waals surface area contributed by atoms with Crippen LogP contribution in [0.1, 0.15) is 25.0 Å². The van der Waals surface area contributed by atoms with E-state index < -0.39 is 16.6 Å². The third-order valence-electron chi connectivity index (χ3n) is 3.77. The van der Waals surface area contributed by atoms with Crippen molar-refractivity contribution in [2.75, 3.05) is 0 Å². The summed E-state index contributed by atoms with van der Waals surface area (Å²) in [5.74, 6) is 0. The highest BCUT2D eigenvalue weighted by molar-refractivity contribution is 5.73. The summed E-state index contributed by atoms with van der Waals surface area (Å²) >= 11 is 0. The van der Waals surface area contributed by atoms with E-state index in [1.54, 1.807) is 26.8 Å². The van der Waals surface area contributed by atoms with Crippen LogP contribution in [0.25, 0.3) is 11.1 Å². The highest BCUT2D eigenvalue weighted by atomic mass is 16.6. The zero-order valence-corrected chi connectivity index (χ0v) is 13.9. The van der Waals surface area contributed by atoms with Crippen molar-refractivity contribution < 1.29 is 14.5 Å². The Labute approximate surface area is 140 Å². The van der Waals surface area contributed by atoms with Gasteiger partial charge in [0, 0.05) is 17.5 Å². The number of hydrogen-bond acceptors (Lipinski definition) is 4. The Morgan fingerprint density at radius 2 is 1.83 bits per heavy atom. The first-order valence-electron chi connectivity index (χ1n) is 7.52. The van der Waals surface area contributed by atoms with Crippen LogP contribution in [-0.4, -0.2) is 16.6 Å². The number of nitro benzene ring substituents is 1. The van der Waals surface area contributed by atoms with E-state index >= 15 is 0 Å². The zero-order valence-electron chi connectivity index (χ0n) is 13.9. The molecule has 0 heterocycles. The summed E-state index contributed by atoms with van der Waals surface area (Å²) in [6.07, 6.45) is -0.706. The van der Waals surface area contributed by atoms with Crippen LogP contribution in [0.4, 0.5) is 10.5 Å². The number of primary amides is 1. The number of rotatable bonds is 5. The highest BCUT2D eigenvalue weighted by Crippen LogP contribution is 2.35. The molecule has 0 bridgehead atoms. The topological polar surface area (TPSA) is 95.5 Å². The van der Waals surface area contributed by atoms with Crippen molar-refractivity contribution in [3.63, 3.8) is 0 Å². The Morgan fingerprint density at radius 1 is 1.21 bits per heavy atom. The maximum absolute atomic E-state index is 11.6. The molecular formula is C18H20N2O4. The second-order valence-electron chi connectivity index (χ2n) is 6.23. The van der Waals surface area contributed by atoms with Crippen LogP contribution in [0.2, 0.25) is 0 Å². The van der Waals surface area contributed by atoms with E-state index in [0.29, 0.717) is 11.1 Å². The van der Waals surface area contributed by atoms with Gasteiger partial charge in [-0.05, 0) is 31.9 Å². The molecule has 6 nitrogen and oxygen atoms in total. The first-order valence-corrected chi connectivity index (χ1v) is 7.52. The van der Waals surface area contributed by atoms with E-state index in [2.05, 4.69) is 0 Å². The predicted octanol–water partition coefficient (Wildman–Crippen LogP) is 3.99. The summed E-state index contributed by atoms with van der Waals surface area (Å²) < 4.78 is 5.05. The summed E-state index contributed by atoms with van der Waals surface area (Å²) in [5, 5.41) is 11.6. The van der Waals surface area contributed by atoms with E-state index in [-0.39, 0.29) is 12.1 Å². The molecule has 0 aliphatic rings. The summed E-state index contributed by atoms with van der Waals surface area (Å²) in [6.45, 7) is 5.07.